The van der Waals surface area contributed by atoms with E-state index in [2.05, 4.69) is 40.8 Å². The molecular weight excluding hydrogens is 196 g/mol. The summed E-state index contributed by atoms with van der Waals surface area (Å²) in [6, 6.07) is 0. The van der Waals surface area contributed by atoms with Gasteiger partial charge in [0.1, 0.15) is 0 Å². The van der Waals surface area contributed by atoms with Crippen molar-refractivity contribution in [3.8, 4) is 0 Å². The lowest BCUT2D eigenvalue weighted by atomic mass is 9.92. The third-order valence-corrected chi connectivity index (χ3v) is 5.54. The van der Waals surface area contributed by atoms with Crippen LogP contribution in [0, 0.1) is 29.2 Å². The van der Waals surface area contributed by atoms with Gasteiger partial charge in [-0.25, -0.2) is 0 Å². The van der Waals surface area contributed by atoms with E-state index in [0.29, 0.717) is 0 Å². The van der Waals surface area contributed by atoms with Crippen LogP contribution in [0.5, 0.6) is 0 Å². The van der Waals surface area contributed by atoms with Gasteiger partial charge < -0.3 is 0 Å². The first-order valence-electron chi connectivity index (χ1n) is 4.69. The van der Waals surface area contributed by atoms with Crippen molar-refractivity contribution in [2.75, 3.05) is 0 Å². The maximum atomic E-state index is 6.49. The highest BCUT2D eigenvalue weighted by Gasteiger charge is 2.50. The fraction of sp³-hybridized carbons (Fsp3) is 0.545. The van der Waals surface area contributed by atoms with Crippen LogP contribution in [0.25, 0.3) is 0 Å². The van der Waals surface area contributed by atoms with E-state index >= 15 is 0 Å². The van der Waals surface area contributed by atoms with Gasteiger partial charge in [0, 0.05) is 0 Å². The van der Waals surface area contributed by atoms with Crippen LogP contribution >= 0.6 is 11.1 Å². The Kier molecular flexibility index (Phi) is 3.19. The largest absolute Gasteiger partial charge is 0.167 e. The minimum atomic E-state index is -1.66. The zero-order valence-electron chi connectivity index (χ0n) is 9.38. The summed E-state index contributed by atoms with van der Waals surface area (Å²) >= 11 is 6.49. The van der Waals surface area contributed by atoms with E-state index in [4.69, 9.17) is 11.1 Å². The molecule has 73 valence electrons. The Morgan fingerprint density at radius 3 is 1.23 bits per heavy atom. The number of halogens is 1. The molecular formula is C11H18ClSi. The maximum Gasteiger partial charge on any atom is 0.158 e. The van der Waals surface area contributed by atoms with Crippen LogP contribution in [0.2, 0.25) is 13.1 Å². The van der Waals surface area contributed by atoms with Crippen molar-refractivity contribution < 1.29 is 0 Å². The average molecular weight is 214 g/mol. The smallest absolute Gasteiger partial charge is 0.158 e. The molecule has 0 aromatic rings. The van der Waals surface area contributed by atoms with Gasteiger partial charge in [0.25, 0.3) is 0 Å². The first-order chi connectivity index (χ1) is 5.76. The fourth-order valence-electron chi connectivity index (χ4n) is 2.11. The Labute approximate surface area is 88.8 Å². The second kappa shape index (κ2) is 3.58. The SMILES string of the molecule is C[C]1[C](C)[C](C)[C]([Si](C)(C)Cl)[C]1C. The normalized spacial score (nSPS) is 26.1. The molecule has 0 atom stereocenters. The first kappa shape index (κ1) is 11.6. The van der Waals surface area contributed by atoms with Crippen molar-refractivity contribution in [3.05, 3.63) is 29.2 Å². The van der Waals surface area contributed by atoms with E-state index in [9.17, 15) is 0 Å². The van der Waals surface area contributed by atoms with Crippen molar-refractivity contribution in [3.63, 3.8) is 0 Å². The Hall–Kier alpha value is 0.507. The lowest BCUT2D eigenvalue weighted by Gasteiger charge is -2.29. The third kappa shape index (κ3) is 1.97. The van der Waals surface area contributed by atoms with Crippen LogP contribution in [0.3, 0.4) is 0 Å². The monoisotopic (exact) mass is 213 g/mol. The van der Waals surface area contributed by atoms with Gasteiger partial charge in [0.15, 0.2) is 7.38 Å². The molecule has 0 amide bonds. The summed E-state index contributed by atoms with van der Waals surface area (Å²) in [4.78, 5) is 0. The summed E-state index contributed by atoms with van der Waals surface area (Å²) in [5.41, 5.74) is 1.45. The molecule has 0 N–H and O–H groups in total. The molecule has 2 heteroatoms. The van der Waals surface area contributed by atoms with E-state index in [0.717, 1.165) is 0 Å². The third-order valence-electron chi connectivity index (χ3n) is 3.03. The van der Waals surface area contributed by atoms with Crippen molar-refractivity contribution >= 4 is 18.5 Å². The predicted octanol–water partition coefficient (Wildman–Crippen LogP) is 3.94. The van der Waals surface area contributed by atoms with Gasteiger partial charge in [-0.3, -0.25) is 0 Å². The van der Waals surface area contributed by atoms with Crippen LogP contribution in [-0.2, 0) is 0 Å². The van der Waals surface area contributed by atoms with Gasteiger partial charge in [-0.15, -0.1) is 0 Å². The molecule has 1 saturated carbocycles. The molecule has 13 heavy (non-hydrogen) atoms. The molecule has 5 radical (unpaired) electrons. The highest BCUT2D eigenvalue weighted by Crippen LogP contribution is 2.56. The molecule has 1 aliphatic carbocycles. The van der Waals surface area contributed by atoms with E-state index in [1.165, 1.54) is 29.2 Å². The summed E-state index contributed by atoms with van der Waals surface area (Å²) < 4.78 is 0. The number of hydrogen-bond acceptors (Lipinski definition) is 0. The molecule has 0 saturated heterocycles. The Morgan fingerprint density at radius 1 is 0.769 bits per heavy atom. The molecule has 1 rings (SSSR count). The van der Waals surface area contributed by atoms with E-state index in [1.54, 1.807) is 0 Å². The van der Waals surface area contributed by atoms with Crippen LogP contribution < -0.4 is 0 Å². The second-order valence-corrected chi connectivity index (χ2v) is 10.6. The zero-order valence-corrected chi connectivity index (χ0v) is 11.1. The molecule has 0 aliphatic heterocycles. The highest BCUT2D eigenvalue weighted by molar-refractivity contribution is 7.22. The van der Waals surface area contributed by atoms with Crippen LogP contribution in [0.4, 0.5) is 0 Å². The minimum absolute atomic E-state index is 1.42. The van der Waals surface area contributed by atoms with Crippen molar-refractivity contribution in [1.29, 1.82) is 0 Å². The minimum Gasteiger partial charge on any atom is -0.167 e. The molecule has 0 aromatic heterocycles. The second-order valence-electron chi connectivity index (χ2n) is 4.35. The molecule has 1 fully saturated rings. The van der Waals surface area contributed by atoms with Gasteiger partial charge in [0.2, 0.25) is 0 Å². The molecule has 0 spiro atoms. The quantitative estimate of drug-likeness (QED) is 0.457. The van der Waals surface area contributed by atoms with Gasteiger partial charge in [-0.2, -0.15) is 11.1 Å². The summed E-state index contributed by atoms with van der Waals surface area (Å²) in [5.74, 6) is 5.69. The summed E-state index contributed by atoms with van der Waals surface area (Å²) in [6.45, 7) is 13.2. The van der Waals surface area contributed by atoms with Crippen LogP contribution in [0.1, 0.15) is 27.7 Å². The lowest BCUT2D eigenvalue weighted by Crippen LogP contribution is -2.32. The van der Waals surface area contributed by atoms with Crippen LogP contribution in [0.15, 0.2) is 0 Å². The topological polar surface area (TPSA) is 0 Å². The summed E-state index contributed by atoms with van der Waals surface area (Å²) in [5, 5.41) is 0. The van der Waals surface area contributed by atoms with Crippen molar-refractivity contribution in [1.82, 2.24) is 0 Å². The Balaban J connectivity index is 2.88. The van der Waals surface area contributed by atoms with Crippen molar-refractivity contribution in [2.24, 2.45) is 0 Å². The predicted molar refractivity (Wildman–Crippen MR) is 62.2 cm³/mol. The van der Waals surface area contributed by atoms with E-state index < -0.39 is 7.38 Å². The first-order valence-corrected chi connectivity index (χ1v) is 8.70. The summed E-state index contributed by atoms with van der Waals surface area (Å²) in [7, 11) is -1.66. The van der Waals surface area contributed by atoms with Crippen molar-refractivity contribution in [2.45, 2.75) is 40.8 Å². The van der Waals surface area contributed by atoms with E-state index in [-0.39, 0.29) is 0 Å². The lowest BCUT2D eigenvalue weighted by molar-refractivity contribution is 0.973. The molecule has 1 aliphatic rings. The van der Waals surface area contributed by atoms with E-state index in [1.807, 2.05) is 0 Å². The average Bonchev–Trinajstić information content (AvgIpc) is 2.14. The Bertz CT molecular complexity index is 171. The van der Waals surface area contributed by atoms with Gasteiger partial charge in [-0.1, -0.05) is 40.8 Å². The maximum absolute atomic E-state index is 6.49. The molecule has 0 aromatic carbocycles. The molecule has 0 heterocycles. The zero-order chi connectivity index (χ0) is 10.4. The molecule has 0 bridgehead atoms. The van der Waals surface area contributed by atoms with Gasteiger partial charge in [0.05, 0.1) is 0 Å². The number of rotatable bonds is 1. The fourth-order valence-corrected chi connectivity index (χ4v) is 5.12. The van der Waals surface area contributed by atoms with Gasteiger partial charge >= 0.3 is 0 Å². The van der Waals surface area contributed by atoms with Gasteiger partial charge in [-0.05, 0) is 29.2 Å². The van der Waals surface area contributed by atoms with Crippen LogP contribution in [-0.4, -0.2) is 7.38 Å². The molecule has 0 unspecified atom stereocenters. The molecule has 0 nitrogen and oxygen atoms in total. The highest BCUT2D eigenvalue weighted by atomic mass is 35.6. The Morgan fingerprint density at radius 2 is 1.08 bits per heavy atom. The summed E-state index contributed by atoms with van der Waals surface area (Å²) in [6.07, 6.45) is 0. The standard InChI is InChI=1S/C11H18ClSi/c1-7-8(2)10(4)11(9(7)3)13(5,6)12/h1-6H3. The number of hydrogen-bond donors (Lipinski definition) is 0.